The molecular weight excluding hydrogens is 211 g/mol. The predicted molar refractivity (Wildman–Crippen MR) is 57.1 cm³/mol. The molecule has 1 aromatic carbocycles. The first kappa shape index (κ1) is 10.6. The molecule has 2 N–H and O–H groups in total. The van der Waals surface area contributed by atoms with Gasteiger partial charge in [0.25, 0.3) is 0 Å². The summed E-state index contributed by atoms with van der Waals surface area (Å²) in [4.78, 5) is 24.3. The van der Waals surface area contributed by atoms with Crippen molar-refractivity contribution in [1.29, 1.82) is 0 Å². The lowest BCUT2D eigenvalue weighted by atomic mass is 10.1. The van der Waals surface area contributed by atoms with E-state index in [1.165, 1.54) is 12.1 Å². The van der Waals surface area contributed by atoms with E-state index in [0.29, 0.717) is 0 Å². The van der Waals surface area contributed by atoms with Gasteiger partial charge < -0.3 is 5.73 Å². The molecule has 1 unspecified atom stereocenters. The van der Waals surface area contributed by atoms with E-state index in [-0.39, 0.29) is 35.5 Å². The second-order valence-corrected chi connectivity index (χ2v) is 3.88. The second kappa shape index (κ2) is 3.59. The van der Waals surface area contributed by atoms with Gasteiger partial charge in [-0.15, -0.1) is 0 Å². The summed E-state index contributed by atoms with van der Waals surface area (Å²) in [5, 5.41) is 0. The van der Waals surface area contributed by atoms with Crippen molar-refractivity contribution < 1.29 is 14.0 Å². The van der Waals surface area contributed by atoms with Crippen LogP contribution >= 0.6 is 0 Å². The van der Waals surface area contributed by atoms with Crippen molar-refractivity contribution >= 4 is 23.2 Å². The van der Waals surface area contributed by atoms with Crippen molar-refractivity contribution in [2.24, 2.45) is 5.92 Å². The molecule has 2 rings (SSSR count). The molecule has 0 aromatic heterocycles. The van der Waals surface area contributed by atoms with Crippen LogP contribution in [0.1, 0.15) is 13.3 Å². The normalized spacial score (nSPS) is 20.6. The summed E-state index contributed by atoms with van der Waals surface area (Å²) in [5.74, 6) is -1.56. The molecule has 0 radical (unpaired) electrons. The molecule has 84 valence electrons. The minimum Gasteiger partial charge on any atom is -0.397 e. The summed E-state index contributed by atoms with van der Waals surface area (Å²) < 4.78 is 13.0. The third-order valence-electron chi connectivity index (χ3n) is 2.61. The fourth-order valence-electron chi connectivity index (χ4n) is 1.75. The van der Waals surface area contributed by atoms with Crippen molar-refractivity contribution in [3.63, 3.8) is 0 Å². The van der Waals surface area contributed by atoms with Crippen LogP contribution in [0.15, 0.2) is 18.2 Å². The molecule has 16 heavy (non-hydrogen) atoms. The Hall–Kier alpha value is -1.91. The van der Waals surface area contributed by atoms with Crippen LogP contribution in [0.3, 0.4) is 0 Å². The minimum atomic E-state index is -0.524. The van der Waals surface area contributed by atoms with Gasteiger partial charge in [0.15, 0.2) is 0 Å². The maximum Gasteiger partial charge on any atom is 0.237 e. The lowest BCUT2D eigenvalue weighted by molar-refractivity contribution is -0.122. The first-order chi connectivity index (χ1) is 7.50. The number of imide groups is 1. The maximum atomic E-state index is 13.0. The molecule has 1 atom stereocenters. The summed E-state index contributed by atoms with van der Waals surface area (Å²) in [6.45, 7) is 1.66. The van der Waals surface area contributed by atoms with Crippen molar-refractivity contribution in [2.75, 3.05) is 10.6 Å². The molecule has 1 heterocycles. The fourth-order valence-corrected chi connectivity index (χ4v) is 1.75. The largest absolute Gasteiger partial charge is 0.397 e. The topological polar surface area (TPSA) is 63.4 Å². The van der Waals surface area contributed by atoms with Crippen LogP contribution in [0.4, 0.5) is 15.8 Å². The zero-order valence-electron chi connectivity index (χ0n) is 8.74. The van der Waals surface area contributed by atoms with Gasteiger partial charge in [-0.2, -0.15) is 0 Å². The first-order valence-electron chi connectivity index (χ1n) is 4.92. The van der Waals surface area contributed by atoms with Crippen LogP contribution in [0, 0.1) is 11.7 Å². The number of carbonyl (C=O) groups excluding carboxylic acids is 2. The summed E-state index contributed by atoms with van der Waals surface area (Å²) in [7, 11) is 0. The average Bonchev–Trinajstić information content (AvgIpc) is 2.46. The van der Waals surface area contributed by atoms with E-state index in [9.17, 15) is 14.0 Å². The Balaban J connectivity index is 2.48. The maximum absolute atomic E-state index is 13.0. The Morgan fingerprint density at radius 1 is 1.44 bits per heavy atom. The third kappa shape index (κ3) is 1.54. The quantitative estimate of drug-likeness (QED) is 0.575. The third-order valence-corrected chi connectivity index (χ3v) is 2.61. The summed E-state index contributed by atoms with van der Waals surface area (Å²) in [5.41, 5.74) is 5.98. The van der Waals surface area contributed by atoms with Crippen LogP contribution in [0.5, 0.6) is 0 Å². The van der Waals surface area contributed by atoms with Gasteiger partial charge in [-0.25, -0.2) is 9.29 Å². The standard InChI is InChI=1S/C11H11FN2O2/c1-6-4-10(15)14(11(6)16)9-5-7(12)2-3-8(9)13/h2-3,5-6H,4,13H2,1H3. The Bertz CT molecular complexity index is 473. The van der Waals surface area contributed by atoms with Crippen LogP contribution in [0.25, 0.3) is 0 Å². The van der Waals surface area contributed by atoms with Gasteiger partial charge >= 0.3 is 0 Å². The van der Waals surface area contributed by atoms with Gasteiger partial charge in [-0.05, 0) is 12.1 Å². The molecule has 0 spiro atoms. The number of amides is 2. The lowest BCUT2D eigenvalue weighted by Crippen LogP contribution is -2.30. The number of nitrogens with two attached hydrogens (primary N) is 1. The van der Waals surface area contributed by atoms with Gasteiger partial charge in [0.05, 0.1) is 11.4 Å². The number of rotatable bonds is 1. The Morgan fingerprint density at radius 3 is 2.69 bits per heavy atom. The molecule has 1 aromatic rings. The van der Waals surface area contributed by atoms with Crippen molar-refractivity contribution in [2.45, 2.75) is 13.3 Å². The van der Waals surface area contributed by atoms with Gasteiger partial charge in [-0.3, -0.25) is 9.59 Å². The number of hydrogen-bond donors (Lipinski definition) is 1. The fraction of sp³-hybridized carbons (Fsp3) is 0.273. The Morgan fingerprint density at radius 2 is 2.12 bits per heavy atom. The second-order valence-electron chi connectivity index (χ2n) is 3.88. The van der Waals surface area contributed by atoms with E-state index >= 15 is 0 Å². The molecule has 1 aliphatic heterocycles. The number of halogens is 1. The molecule has 1 fully saturated rings. The van der Waals surface area contributed by atoms with Gasteiger partial charge in [0.1, 0.15) is 5.82 Å². The molecule has 5 heteroatoms. The molecule has 0 saturated carbocycles. The number of carbonyl (C=O) groups is 2. The molecule has 0 bridgehead atoms. The van der Waals surface area contributed by atoms with Crippen LogP contribution < -0.4 is 10.6 Å². The highest BCUT2D eigenvalue weighted by molar-refractivity contribution is 6.22. The first-order valence-corrected chi connectivity index (χ1v) is 4.92. The van der Waals surface area contributed by atoms with E-state index in [0.717, 1.165) is 11.0 Å². The Labute approximate surface area is 91.8 Å². The molecular formula is C11H11FN2O2. The lowest BCUT2D eigenvalue weighted by Gasteiger charge is -2.16. The average molecular weight is 222 g/mol. The van der Waals surface area contributed by atoms with E-state index in [2.05, 4.69) is 0 Å². The molecule has 4 nitrogen and oxygen atoms in total. The number of benzene rings is 1. The van der Waals surface area contributed by atoms with E-state index < -0.39 is 5.82 Å². The van der Waals surface area contributed by atoms with Crippen molar-refractivity contribution in [3.8, 4) is 0 Å². The van der Waals surface area contributed by atoms with Gasteiger partial charge in [-0.1, -0.05) is 6.92 Å². The highest BCUT2D eigenvalue weighted by Gasteiger charge is 2.37. The summed E-state index contributed by atoms with van der Waals surface area (Å²) in [6.07, 6.45) is 0.148. The number of anilines is 2. The monoisotopic (exact) mass is 222 g/mol. The van der Waals surface area contributed by atoms with Gasteiger partial charge in [0, 0.05) is 18.4 Å². The number of nitrogen functional groups attached to an aromatic ring is 1. The Kier molecular flexibility index (Phi) is 2.38. The minimum absolute atomic E-state index is 0.138. The smallest absolute Gasteiger partial charge is 0.237 e. The zero-order valence-corrected chi connectivity index (χ0v) is 8.74. The van der Waals surface area contributed by atoms with Crippen LogP contribution in [0.2, 0.25) is 0 Å². The molecule has 1 aliphatic rings. The number of hydrogen-bond acceptors (Lipinski definition) is 3. The predicted octanol–water partition coefficient (Wildman–Crippen LogP) is 1.31. The SMILES string of the molecule is CC1CC(=O)N(c2cc(F)ccc2N)C1=O. The molecule has 2 amide bonds. The number of nitrogens with zero attached hydrogens (tertiary/aromatic N) is 1. The van der Waals surface area contributed by atoms with Crippen LogP contribution in [-0.2, 0) is 9.59 Å². The van der Waals surface area contributed by atoms with Gasteiger partial charge in [0.2, 0.25) is 11.8 Å². The van der Waals surface area contributed by atoms with Crippen molar-refractivity contribution in [3.05, 3.63) is 24.0 Å². The summed E-state index contributed by atoms with van der Waals surface area (Å²) >= 11 is 0. The van der Waals surface area contributed by atoms with E-state index in [4.69, 9.17) is 5.73 Å². The summed E-state index contributed by atoms with van der Waals surface area (Å²) in [6, 6.07) is 3.63. The molecule has 1 saturated heterocycles. The highest BCUT2D eigenvalue weighted by atomic mass is 19.1. The van der Waals surface area contributed by atoms with Crippen molar-refractivity contribution in [1.82, 2.24) is 0 Å². The highest BCUT2D eigenvalue weighted by Crippen LogP contribution is 2.30. The van der Waals surface area contributed by atoms with E-state index in [1.54, 1.807) is 6.92 Å². The zero-order chi connectivity index (χ0) is 11.9. The van der Waals surface area contributed by atoms with E-state index in [1.807, 2.05) is 0 Å². The van der Waals surface area contributed by atoms with Crippen LogP contribution in [-0.4, -0.2) is 11.8 Å². The molecule has 0 aliphatic carbocycles.